The first-order chi connectivity index (χ1) is 16.4. The van der Waals surface area contributed by atoms with E-state index in [-0.39, 0.29) is 25.7 Å². The van der Waals surface area contributed by atoms with E-state index in [1.807, 2.05) is 6.92 Å². The van der Waals surface area contributed by atoms with Crippen LogP contribution in [0.5, 0.6) is 11.5 Å². The van der Waals surface area contributed by atoms with Gasteiger partial charge in [-0.3, -0.25) is 5.32 Å². The van der Waals surface area contributed by atoms with Gasteiger partial charge in [0.05, 0.1) is 13.7 Å². The summed E-state index contributed by atoms with van der Waals surface area (Å²) in [5.74, 6) is 0.394. The van der Waals surface area contributed by atoms with Crippen LogP contribution in [0.25, 0.3) is 0 Å². The molecule has 0 bridgehead atoms. The lowest BCUT2D eigenvalue weighted by Gasteiger charge is -2.25. The molecule has 2 rings (SSSR count). The van der Waals surface area contributed by atoms with Crippen molar-refractivity contribution in [3.8, 4) is 11.5 Å². The van der Waals surface area contributed by atoms with Crippen LogP contribution in [0, 0.1) is 5.92 Å². The highest BCUT2D eigenvalue weighted by Crippen LogP contribution is 2.32. The Balaban J connectivity index is 2.22. The van der Waals surface area contributed by atoms with Crippen LogP contribution in [-0.4, -0.2) is 44.1 Å². The Bertz CT molecular complexity index is 968. The summed E-state index contributed by atoms with van der Waals surface area (Å²) < 4.78 is 21.4. The molecule has 0 aliphatic rings. The van der Waals surface area contributed by atoms with Crippen molar-refractivity contribution in [1.29, 1.82) is 0 Å². The number of methoxy groups -OCH3 is 1. The highest BCUT2D eigenvalue weighted by atomic mass is 16.6. The molecule has 34 heavy (non-hydrogen) atoms. The van der Waals surface area contributed by atoms with E-state index in [0.29, 0.717) is 28.3 Å². The van der Waals surface area contributed by atoms with Crippen molar-refractivity contribution in [2.24, 2.45) is 5.92 Å². The first kappa shape index (κ1) is 26.5. The molecular formula is C26H31NO7. The number of benzene rings is 2. The normalized spacial score (nSPS) is 12.8. The van der Waals surface area contributed by atoms with E-state index in [2.05, 4.69) is 11.9 Å². The summed E-state index contributed by atoms with van der Waals surface area (Å²) in [6, 6.07) is 13.9. The summed E-state index contributed by atoms with van der Waals surface area (Å²) in [4.78, 5) is 24.7. The molecule has 0 saturated heterocycles. The molecule has 2 atom stereocenters. The molecule has 0 aliphatic carbocycles. The van der Waals surface area contributed by atoms with Crippen molar-refractivity contribution in [2.75, 3.05) is 32.2 Å². The fourth-order valence-corrected chi connectivity index (χ4v) is 3.05. The Morgan fingerprint density at radius 1 is 1.09 bits per heavy atom. The lowest BCUT2D eigenvalue weighted by atomic mass is 9.91. The van der Waals surface area contributed by atoms with Gasteiger partial charge in [-0.2, -0.15) is 0 Å². The van der Waals surface area contributed by atoms with E-state index >= 15 is 0 Å². The number of aliphatic hydroxyl groups is 1. The van der Waals surface area contributed by atoms with Gasteiger partial charge in [0.1, 0.15) is 30.8 Å². The second-order valence-corrected chi connectivity index (χ2v) is 7.42. The van der Waals surface area contributed by atoms with Crippen LogP contribution in [0.15, 0.2) is 72.8 Å². The van der Waals surface area contributed by atoms with E-state index in [1.54, 1.807) is 62.6 Å². The van der Waals surface area contributed by atoms with Crippen LogP contribution in [0.4, 0.5) is 10.5 Å². The molecule has 0 saturated carbocycles. The van der Waals surface area contributed by atoms with Crippen molar-refractivity contribution >= 4 is 17.7 Å². The number of aliphatic hydroxyl groups excluding tert-OH is 1. The number of nitrogens with one attached hydrogen (secondary N) is 1. The third-order valence-electron chi connectivity index (χ3n) is 5.00. The first-order valence-corrected chi connectivity index (χ1v) is 10.8. The molecule has 0 aromatic heterocycles. The van der Waals surface area contributed by atoms with Crippen LogP contribution in [0.1, 0.15) is 25.5 Å². The predicted molar refractivity (Wildman–Crippen MR) is 129 cm³/mol. The summed E-state index contributed by atoms with van der Waals surface area (Å²) in [6.07, 6.45) is 1.52. The SMILES string of the molecule is C=CCOC(=O)/C=C(\C)[C@H](C)[C@@H](OC(=O)Nc1ccc(OC)cc1)c1ccc(OCCO)cc1. The number of carbonyl (C=O) groups is 2. The van der Waals surface area contributed by atoms with Crippen molar-refractivity contribution in [3.05, 3.63) is 78.4 Å². The van der Waals surface area contributed by atoms with E-state index in [1.165, 1.54) is 12.2 Å². The number of carbonyl (C=O) groups excluding carboxylic acids is 2. The van der Waals surface area contributed by atoms with E-state index < -0.39 is 18.2 Å². The zero-order chi connectivity index (χ0) is 24.9. The zero-order valence-electron chi connectivity index (χ0n) is 19.7. The molecule has 2 N–H and O–H groups in total. The smallest absolute Gasteiger partial charge is 0.412 e. The first-order valence-electron chi connectivity index (χ1n) is 10.8. The van der Waals surface area contributed by atoms with Gasteiger partial charge in [-0.25, -0.2) is 9.59 Å². The van der Waals surface area contributed by atoms with Gasteiger partial charge in [-0.05, 0) is 48.9 Å². The van der Waals surface area contributed by atoms with Crippen LogP contribution in [0.2, 0.25) is 0 Å². The second-order valence-electron chi connectivity index (χ2n) is 7.42. The molecule has 8 nitrogen and oxygen atoms in total. The van der Waals surface area contributed by atoms with E-state index in [4.69, 9.17) is 24.1 Å². The van der Waals surface area contributed by atoms with E-state index in [0.717, 1.165) is 0 Å². The summed E-state index contributed by atoms with van der Waals surface area (Å²) in [5.41, 5.74) is 1.93. The highest BCUT2D eigenvalue weighted by molar-refractivity contribution is 5.85. The Morgan fingerprint density at radius 2 is 1.74 bits per heavy atom. The Labute approximate surface area is 199 Å². The summed E-state index contributed by atoms with van der Waals surface area (Å²) in [7, 11) is 1.56. The van der Waals surface area contributed by atoms with Crippen molar-refractivity contribution in [3.63, 3.8) is 0 Å². The quantitative estimate of drug-likeness (QED) is 0.265. The minimum atomic E-state index is -0.700. The molecule has 2 aromatic carbocycles. The van der Waals surface area contributed by atoms with Gasteiger partial charge in [-0.15, -0.1) is 0 Å². The Kier molecular flexibility index (Phi) is 10.7. The average molecular weight is 470 g/mol. The van der Waals surface area contributed by atoms with Crippen molar-refractivity contribution in [2.45, 2.75) is 20.0 Å². The maximum atomic E-state index is 12.7. The molecule has 0 spiro atoms. The minimum Gasteiger partial charge on any atom is -0.497 e. The van der Waals surface area contributed by atoms with Crippen LogP contribution < -0.4 is 14.8 Å². The molecule has 0 unspecified atom stereocenters. The molecule has 0 fully saturated rings. The third-order valence-corrected chi connectivity index (χ3v) is 5.00. The topological polar surface area (TPSA) is 103 Å². The molecule has 8 heteroatoms. The number of ether oxygens (including phenoxy) is 4. The van der Waals surface area contributed by atoms with Gasteiger partial charge < -0.3 is 24.1 Å². The highest BCUT2D eigenvalue weighted by Gasteiger charge is 2.26. The number of rotatable bonds is 12. The fraction of sp³-hybridized carbons (Fsp3) is 0.308. The number of amides is 1. The van der Waals surface area contributed by atoms with Crippen molar-refractivity contribution in [1.82, 2.24) is 0 Å². The second kappa shape index (κ2) is 13.7. The summed E-state index contributed by atoms with van der Waals surface area (Å²) >= 11 is 0. The number of hydrogen-bond donors (Lipinski definition) is 2. The van der Waals surface area contributed by atoms with Gasteiger partial charge in [-0.1, -0.05) is 37.3 Å². The van der Waals surface area contributed by atoms with Gasteiger partial charge in [0.2, 0.25) is 0 Å². The molecule has 1 amide bonds. The number of hydrogen-bond acceptors (Lipinski definition) is 7. The van der Waals surface area contributed by atoms with Gasteiger partial charge in [0.15, 0.2) is 0 Å². The monoisotopic (exact) mass is 469 g/mol. The van der Waals surface area contributed by atoms with Crippen molar-refractivity contribution < 1.29 is 33.6 Å². The Hall–Kier alpha value is -3.78. The number of esters is 1. The zero-order valence-corrected chi connectivity index (χ0v) is 19.7. The van der Waals surface area contributed by atoms with Crippen LogP contribution in [-0.2, 0) is 14.3 Å². The lowest BCUT2D eigenvalue weighted by Crippen LogP contribution is -2.23. The summed E-state index contributed by atoms with van der Waals surface area (Å²) in [6.45, 7) is 7.34. The van der Waals surface area contributed by atoms with Crippen LogP contribution in [0.3, 0.4) is 0 Å². The third kappa shape index (κ3) is 8.29. The standard InChI is InChI=1S/C26H31NO7/c1-5-15-33-24(29)17-18(2)19(3)25(20-6-10-23(11-7-20)32-16-14-28)34-26(30)27-21-8-12-22(31-4)13-9-21/h5-13,17,19,25,28H,1,14-16H2,2-4H3,(H,27,30)/b18-17+/t19-,25+/m0/s1. The molecule has 0 aliphatic heterocycles. The lowest BCUT2D eigenvalue weighted by molar-refractivity contribution is -0.136. The average Bonchev–Trinajstić information content (AvgIpc) is 2.85. The molecule has 0 heterocycles. The maximum Gasteiger partial charge on any atom is 0.412 e. The van der Waals surface area contributed by atoms with Gasteiger partial charge in [0, 0.05) is 17.7 Å². The minimum absolute atomic E-state index is 0.0952. The van der Waals surface area contributed by atoms with Gasteiger partial charge >= 0.3 is 12.1 Å². The maximum absolute atomic E-state index is 12.7. The van der Waals surface area contributed by atoms with Crippen LogP contribution >= 0.6 is 0 Å². The largest absolute Gasteiger partial charge is 0.497 e. The molecular weight excluding hydrogens is 438 g/mol. The number of anilines is 1. The predicted octanol–water partition coefficient (Wildman–Crippen LogP) is 4.67. The molecule has 0 radical (unpaired) electrons. The molecule has 182 valence electrons. The molecule has 2 aromatic rings. The van der Waals surface area contributed by atoms with E-state index in [9.17, 15) is 9.59 Å². The Morgan fingerprint density at radius 3 is 2.32 bits per heavy atom. The van der Waals surface area contributed by atoms with Gasteiger partial charge in [0.25, 0.3) is 0 Å². The summed E-state index contributed by atoms with van der Waals surface area (Å²) in [5, 5.41) is 11.6. The fourth-order valence-electron chi connectivity index (χ4n) is 3.05.